The quantitative estimate of drug-likeness (QED) is 0.689. The van der Waals surface area contributed by atoms with Gasteiger partial charge in [-0.1, -0.05) is 35.9 Å². The first-order valence-corrected chi connectivity index (χ1v) is 9.49. The molecule has 1 amide bonds. The third-order valence-electron chi connectivity index (χ3n) is 5.23. The van der Waals surface area contributed by atoms with Crippen LogP contribution in [-0.4, -0.2) is 35.0 Å². The van der Waals surface area contributed by atoms with Gasteiger partial charge in [0.2, 0.25) is 0 Å². The van der Waals surface area contributed by atoms with Crippen molar-refractivity contribution in [3.63, 3.8) is 0 Å². The summed E-state index contributed by atoms with van der Waals surface area (Å²) in [6, 6.07) is 16.0. The van der Waals surface area contributed by atoms with Crippen LogP contribution in [0.25, 0.3) is 10.9 Å². The second-order valence-electron chi connectivity index (χ2n) is 7.26. The van der Waals surface area contributed by atoms with Crippen LogP contribution in [0, 0.1) is 13.8 Å². The molecule has 27 heavy (non-hydrogen) atoms. The predicted octanol–water partition coefficient (Wildman–Crippen LogP) is 4.54. The number of aromatic nitrogens is 1. The molecule has 0 N–H and O–H groups in total. The van der Waals surface area contributed by atoms with Crippen LogP contribution in [-0.2, 0) is 0 Å². The van der Waals surface area contributed by atoms with Crippen molar-refractivity contribution in [2.45, 2.75) is 32.8 Å². The Balaban J connectivity index is 1.42. The Morgan fingerprint density at radius 2 is 1.85 bits per heavy atom. The van der Waals surface area contributed by atoms with E-state index in [-0.39, 0.29) is 12.0 Å². The zero-order chi connectivity index (χ0) is 18.8. The summed E-state index contributed by atoms with van der Waals surface area (Å²) in [7, 11) is 0. The predicted molar refractivity (Wildman–Crippen MR) is 107 cm³/mol. The van der Waals surface area contributed by atoms with E-state index in [2.05, 4.69) is 11.1 Å². The molecule has 1 saturated heterocycles. The minimum Gasteiger partial charge on any atom is -0.488 e. The number of piperidine rings is 1. The highest BCUT2D eigenvalue weighted by Crippen LogP contribution is 2.27. The van der Waals surface area contributed by atoms with Crippen molar-refractivity contribution in [2.75, 3.05) is 13.1 Å². The molecule has 0 aliphatic carbocycles. The average molecular weight is 360 g/mol. The monoisotopic (exact) mass is 360 g/mol. The first-order chi connectivity index (χ1) is 13.1. The van der Waals surface area contributed by atoms with E-state index < -0.39 is 0 Å². The molecule has 138 valence electrons. The van der Waals surface area contributed by atoms with E-state index in [9.17, 15) is 4.79 Å². The maximum absolute atomic E-state index is 12.8. The van der Waals surface area contributed by atoms with E-state index >= 15 is 0 Å². The molecule has 4 rings (SSSR count). The maximum atomic E-state index is 12.8. The van der Waals surface area contributed by atoms with Crippen LogP contribution >= 0.6 is 0 Å². The van der Waals surface area contributed by atoms with Crippen molar-refractivity contribution in [1.82, 2.24) is 9.88 Å². The summed E-state index contributed by atoms with van der Waals surface area (Å²) in [5.74, 6) is 0.949. The summed E-state index contributed by atoms with van der Waals surface area (Å²) < 4.78 is 6.24. The Morgan fingerprint density at radius 1 is 1.07 bits per heavy atom. The standard InChI is InChI=1S/C23H24N2O2/c1-16-8-9-20(17(2)15-16)23(26)25-13-10-19(11-14-25)27-21-7-3-5-18-6-4-12-24-22(18)21/h3-9,12,15,19H,10-11,13-14H2,1-2H3. The van der Waals surface area contributed by atoms with Crippen LogP contribution in [0.4, 0.5) is 0 Å². The van der Waals surface area contributed by atoms with Gasteiger partial charge >= 0.3 is 0 Å². The number of hydrogen-bond donors (Lipinski definition) is 0. The summed E-state index contributed by atoms with van der Waals surface area (Å²) in [5.41, 5.74) is 3.92. The number of benzene rings is 2. The van der Waals surface area contributed by atoms with E-state index in [1.54, 1.807) is 6.20 Å². The average Bonchev–Trinajstić information content (AvgIpc) is 2.68. The van der Waals surface area contributed by atoms with Gasteiger partial charge in [-0.2, -0.15) is 0 Å². The van der Waals surface area contributed by atoms with E-state index in [1.165, 1.54) is 5.56 Å². The summed E-state index contributed by atoms with van der Waals surface area (Å²) in [4.78, 5) is 19.2. The Labute approximate surface area is 159 Å². The number of amides is 1. The van der Waals surface area contributed by atoms with Crippen LogP contribution in [0.3, 0.4) is 0 Å². The number of likely N-dealkylation sites (tertiary alicyclic amines) is 1. The van der Waals surface area contributed by atoms with E-state index in [4.69, 9.17) is 4.74 Å². The largest absolute Gasteiger partial charge is 0.488 e. The molecule has 1 aliphatic rings. The molecule has 0 saturated carbocycles. The minimum atomic E-state index is 0.112. The fourth-order valence-electron chi connectivity index (χ4n) is 3.75. The van der Waals surface area contributed by atoms with E-state index in [0.717, 1.165) is 53.7 Å². The molecule has 0 unspecified atom stereocenters. The third-order valence-corrected chi connectivity index (χ3v) is 5.23. The Bertz CT molecular complexity index is 970. The lowest BCUT2D eigenvalue weighted by atomic mass is 10.0. The number of nitrogens with zero attached hydrogens (tertiary/aromatic N) is 2. The molecule has 1 aliphatic heterocycles. The number of pyridine rings is 1. The van der Waals surface area contributed by atoms with Crippen LogP contribution < -0.4 is 4.74 Å². The van der Waals surface area contributed by atoms with Crippen LogP contribution in [0.1, 0.15) is 34.3 Å². The molecule has 4 nitrogen and oxygen atoms in total. The normalized spacial score (nSPS) is 15.1. The van der Waals surface area contributed by atoms with Gasteiger partial charge in [0, 0.05) is 43.1 Å². The summed E-state index contributed by atoms with van der Waals surface area (Å²) in [6.45, 7) is 5.49. The number of ether oxygens (including phenoxy) is 1. The first kappa shape index (κ1) is 17.5. The third kappa shape index (κ3) is 3.65. The van der Waals surface area contributed by atoms with E-state index in [1.807, 2.05) is 61.2 Å². The Kier molecular flexibility index (Phi) is 4.80. The minimum absolute atomic E-state index is 0.112. The number of para-hydroxylation sites is 1. The number of aryl methyl sites for hydroxylation is 2. The molecule has 0 radical (unpaired) electrons. The molecular weight excluding hydrogens is 336 g/mol. The molecule has 2 aromatic carbocycles. The number of carbonyl (C=O) groups excluding carboxylic acids is 1. The number of carbonyl (C=O) groups is 1. The lowest BCUT2D eigenvalue weighted by molar-refractivity contribution is 0.0597. The van der Waals surface area contributed by atoms with Crippen molar-refractivity contribution >= 4 is 16.8 Å². The molecule has 1 fully saturated rings. The topological polar surface area (TPSA) is 42.4 Å². The van der Waals surface area contributed by atoms with Gasteiger partial charge in [-0.3, -0.25) is 9.78 Å². The molecule has 0 spiro atoms. The molecule has 1 aromatic heterocycles. The maximum Gasteiger partial charge on any atom is 0.254 e. The van der Waals surface area contributed by atoms with Crippen LogP contribution in [0.2, 0.25) is 0 Å². The van der Waals surface area contributed by atoms with Gasteiger partial charge in [0.1, 0.15) is 17.4 Å². The van der Waals surface area contributed by atoms with Crippen LogP contribution in [0.15, 0.2) is 54.7 Å². The van der Waals surface area contributed by atoms with Gasteiger partial charge in [-0.25, -0.2) is 0 Å². The van der Waals surface area contributed by atoms with Crippen molar-refractivity contribution in [2.24, 2.45) is 0 Å². The first-order valence-electron chi connectivity index (χ1n) is 9.49. The lowest BCUT2D eigenvalue weighted by Gasteiger charge is -2.32. The lowest BCUT2D eigenvalue weighted by Crippen LogP contribution is -2.42. The van der Waals surface area contributed by atoms with Gasteiger partial charge in [0.25, 0.3) is 5.91 Å². The fourth-order valence-corrected chi connectivity index (χ4v) is 3.75. The van der Waals surface area contributed by atoms with E-state index in [0.29, 0.717) is 0 Å². The second-order valence-corrected chi connectivity index (χ2v) is 7.26. The number of hydrogen-bond acceptors (Lipinski definition) is 3. The molecule has 0 atom stereocenters. The molecule has 2 heterocycles. The fraction of sp³-hybridized carbons (Fsp3) is 0.304. The Morgan fingerprint density at radius 3 is 2.63 bits per heavy atom. The van der Waals surface area contributed by atoms with Gasteiger partial charge in [-0.05, 0) is 37.6 Å². The van der Waals surface area contributed by atoms with Crippen molar-refractivity contribution in [3.8, 4) is 5.75 Å². The highest BCUT2D eigenvalue weighted by Gasteiger charge is 2.25. The van der Waals surface area contributed by atoms with Crippen molar-refractivity contribution in [3.05, 3.63) is 71.4 Å². The number of fused-ring (bicyclic) bond motifs is 1. The number of rotatable bonds is 3. The molecule has 4 heteroatoms. The smallest absolute Gasteiger partial charge is 0.254 e. The molecule has 0 bridgehead atoms. The van der Waals surface area contributed by atoms with Gasteiger partial charge in [-0.15, -0.1) is 0 Å². The second kappa shape index (κ2) is 7.39. The van der Waals surface area contributed by atoms with Crippen molar-refractivity contribution < 1.29 is 9.53 Å². The Hall–Kier alpha value is -2.88. The summed E-state index contributed by atoms with van der Waals surface area (Å²) in [5, 5.41) is 1.08. The SMILES string of the molecule is Cc1ccc(C(=O)N2CCC(Oc3cccc4cccnc34)CC2)c(C)c1. The van der Waals surface area contributed by atoms with Gasteiger partial charge < -0.3 is 9.64 Å². The van der Waals surface area contributed by atoms with Crippen molar-refractivity contribution in [1.29, 1.82) is 0 Å². The summed E-state index contributed by atoms with van der Waals surface area (Å²) in [6.07, 6.45) is 3.57. The molecular formula is C23H24N2O2. The van der Waals surface area contributed by atoms with Crippen LogP contribution in [0.5, 0.6) is 5.75 Å². The van der Waals surface area contributed by atoms with Gasteiger partial charge in [0.15, 0.2) is 0 Å². The highest BCUT2D eigenvalue weighted by atomic mass is 16.5. The highest BCUT2D eigenvalue weighted by molar-refractivity contribution is 5.95. The zero-order valence-corrected chi connectivity index (χ0v) is 15.8. The van der Waals surface area contributed by atoms with Gasteiger partial charge in [0.05, 0.1) is 0 Å². The summed E-state index contributed by atoms with van der Waals surface area (Å²) >= 11 is 0. The zero-order valence-electron chi connectivity index (χ0n) is 15.8. The molecule has 3 aromatic rings.